The number of Topliss-reactive ketones (excluding diaryl/α,β-unsaturated/α-hetero) is 1. The number of ketones is 1. The van der Waals surface area contributed by atoms with Crippen LogP contribution >= 0.6 is 0 Å². The van der Waals surface area contributed by atoms with Gasteiger partial charge in [-0.05, 0) is 62.9 Å². The number of amides is 2. The first-order valence-corrected chi connectivity index (χ1v) is 10.8. The summed E-state index contributed by atoms with van der Waals surface area (Å²) in [4.78, 5) is 43.2. The van der Waals surface area contributed by atoms with Gasteiger partial charge >= 0.3 is 0 Å². The standard InChI is InChI=1S/C24H28FN5O4/c1-11(2)19(24-26-15(6)29-34-24)28-23(33)21(31)20-13(4)18(14(5)30(20)7)22(32)27-16-8-9-17(25)12(3)10-16/h8-11,19H,1-7H3,(H,27,32)(H,28,33)/t19-/m1/s1. The molecule has 9 nitrogen and oxygen atoms in total. The lowest BCUT2D eigenvalue weighted by Crippen LogP contribution is -2.37. The molecule has 3 aromatic rings. The van der Waals surface area contributed by atoms with E-state index in [1.54, 1.807) is 34.7 Å². The minimum Gasteiger partial charge on any atom is -0.344 e. The van der Waals surface area contributed by atoms with Crippen LogP contribution in [0.15, 0.2) is 22.7 Å². The van der Waals surface area contributed by atoms with E-state index >= 15 is 0 Å². The van der Waals surface area contributed by atoms with Gasteiger partial charge in [-0.15, -0.1) is 0 Å². The van der Waals surface area contributed by atoms with Crippen molar-refractivity contribution in [3.05, 3.63) is 63.8 Å². The van der Waals surface area contributed by atoms with E-state index in [9.17, 15) is 18.8 Å². The van der Waals surface area contributed by atoms with Gasteiger partial charge in [0.2, 0.25) is 5.89 Å². The lowest BCUT2D eigenvalue weighted by Gasteiger charge is -2.18. The fourth-order valence-corrected chi connectivity index (χ4v) is 3.82. The molecule has 2 amide bonds. The first kappa shape index (κ1) is 24.8. The number of aryl methyl sites for hydroxylation is 2. The minimum absolute atomic E-state index is 0.0969. The Hall–Kier alpha value is -3.82. The molecule has 0 saturated heterocycles. The summed E-state index contributed by atoms with van der Waals surface area (Å²) >= 11 is 0. The van der Waals surface area contributed by atoms with Gasteiger partial charge in [-0.1, -0.05) is 19.0 Å². The molecular weight excluding hydrogens is 441 g/mol. The zero-order chi connectivity index (χ0) is 25.3. The van der Waals surface area contributed by atoms with Crippen molar-refractivity contribution in [2.24, 2.45) is 13.0 Å². The van der Waals surface area contributed by atoms with Gasteiger partial charge in [0.15, 0.2) is 5.82 Å². The molecule has 0 saturated carbocycles. The van der Waals surface area contributed by atoms with Crippen molar-refractivity contribution < 1.29 is 23.3 Å². The van der Waals surface area contributed by atoms with E-state index in [2.05, 4.69) is 20.8 Å². The summed E-state index contributed by atoms with van der Waals surface area (Å²) in [6, 6.07) is 3.60. The molecule has 2 N–H and O–H groups in total. The molecule has 10 heteroatoms. The second kappa shape index (κ2) is 9.58. The van der Waals surface area contributed by atoms with Crippen LogP contribution in [0.25, 0.3) is 0 Å². The second-order valence-electron chi connectivity index (χ2n) is 8.62. The van der Waals surface area contributed by atoms with Crippen molar-refractivity contribution in [2.75, 3.05) is 5.32 Å². The zero-order valence-electron chi connectivity index (χ0n) is 20.2. The van der Waals surface area contributed by atoms with Crippen molar-refractivity contribution in [1.29, 1.82) is 0 Å². The summed E-state index contributed by atoms with van der Waals surface area (Å²) in [5.41, 5.74) is 2.06. The molecule has 3 rings (SSSR count). The number of benzene rings is 1. The van der Waals surface area contributed by atoms with Crippen LogP contribution in [-0.2, 0) is 11.8 Å². The van der Waals surface area contributed by atoms with E-state index in [4.69, 9.17) is 4.52 Å². The van der Waals surface area contributed by atoms with Crippen LogP contribution in [0, 0.1) is 39.4 Å². The van der Waals surface area contributed by atoms with Crippen molar-refractivity contribution in [1.82, 2.24) is 20.0 Å². The molecule has 0 aliphatic heterocycles. The number of hydrogen-bond donors (Lipinski definition) is 2. The first-order chi connectivity index (χ1) is 15.9. The molecule has 0 aliphatic carbocycles. The van der Waals surface area contributed by atoms with Crippen molar-refractivity contribution in [3.63, 3.8) is 0 Å². The van der Waals surface area contributed by atoms with Crippen molar-refractivity contribution >= 4 is 23.3 Å². The van der Waals surface area contributed by atoms with Gasteiger partial charge in [0, 0.05) is 18.4 Å². The van der Waals surface area contributed by atoms with E-state index in [1.807, 2.05) is 13.8 Å². The Balaban J connectivity index is 1.87. The predicted molar refractivity (Wildman–Crippen MR) is 123 cm³/mol. The molecule has 1 atom stereocenters. The lowest BCUT2D eigenvalue weighted by atomic mass is 10.0. The van der Waals surface area contributed by atoms with E-state index in [0.29, 0.717) is 28.3 Å². The molecule has 34 heavy (non-hydrogen) atoms. The van der Waals surface area contributed by atoms with Crippen LogP contribution in [0.1, 0.15) is 69.3 Å². The zero-order valence-corrected chi connectivity index (χ0v) is 20.2. The van der Waals surface area contributed by atoms with Crippen LogP contribution in [0.4, 0.5) is 10.1 Å². The third-order valence-electron chi connectivity index (χ3n) is 5.76. The summed E-state index contributed by atoms with van der Waals surface area (Å²) in [5.74, 6) is -1.96. The number of rotatable bonds is 7. The van der Waals surface area contributed by atoms with Gasteiger partial charge in [0.05, 0.1) is 11.3 Å². The third-order valence-corrected chi connectivity index (χ3v) is 5.76. The fraction of sp³-hybridized carbons (Fsp3) is 0.375. The lowest BCUT2D eigenvalue weighted by molar-refractivity contribution is -0.118. The monoisotopic (exact) mass is 469 g/mol. The van der Waals surface area contributed by atoms with E-state index in [0.717, 1.165) is 0 Å². The fourth-order valence-electron chi connectivity index (χ4n) is 3.82. The number of hydrogen-bond acceptors (Lipinski definition) is 6. The molecule has 0 bridgehead atoms. The second-order valence-corrected chi connectivity index (χ2v) is 8.62. The highest BCUT2D eigenvalue weighted by Crippen LogP contribution is 2.25. The summed E-state index contributed by atoms with van der Waals surface area (Å²) in [5, 5.41) is 9.15. The van der Waals surface area contributed by atoms with Gasteiger partial charge in [-0.3, -0.25) is 14.4 Å². The largest absolute Gasteiger partial charge is 0.344 e. The van der Waals surface area contributed by atoms with Crippen LogP contribution in [0.2, 0.25) is 0 Å². The first-order valence-electron chi connectivity index (χ1n) is 10.8. The van der Waals surface area contributed by atoms with E-state index in [1.165, 1.54) is 22.8 Å². The summed E-state index contributed by atoms with van der Waals surface area (Å²) < 4.78 is 20.3. The van der Waals surface area contributed by atoms with Crippen molar-refractivity contribution in [2.45, 2.75) is 47.6 Å². The maximum Gasteiger partial charge on any atom is 0.294 e. The van der Waals surface area contributed by atoms with Crippen LogP contribution < -0.4 is 10.6 Å². The molecule has 1 aromatic carbocycles. The SMILES string of the molecule is Cc1noc([C@H](NC(=O)C(=O)c2c(C)c(C(=O)Nc3ccc(F)c(C)c3)c(C)n2C)C(C)C)n1. The Morgan fingerprint density at radius 2 is 1.79 bits per heavy atom. The Morgan fingerprint density at radius 3 is 2.35 bits per heavy atom. The quantitative estimate of drug-likeness (QED) is 0.402. The number of carbonyl (C=O) groups is 3. The minimum atomic E-state index is -0.848. The molecule has 180 valence electrons. The molecular formula is C24H28FN5O4. The summed E-state index contributed by atoms with van der Waals surface area (Å²) in [7, 11) is 1.61. The highest BCUT2D eigenvalue weighted by molar-refractivity contribution is 6.43. The van der Waals surface area contributed by atoms with Crippen LogP contribution in [-0.4, -0.2) is 32.3 Å². The number of nitrogens with zero attached hydrogens (tertiary/aromatic N) is 3. The Bertz CT molecular complexity index is 1270. The van der Waals surface area contributed by atoms with Gasteiger partial charge in [-0.2, -0.15) is 4.98 Å². The third kappa shape index (κ3) is 4.75. The highest BCUT2D eigenvalue weighted by atomic mass is 19.1. The average Bonchev–Trinajstić information content (AvgIpc) is 3.28. The van der Waals surface area contributed by atoms with Crippen LogP contribution in [0.3, 0.4) is 0 Å². The summed E-state index contributed by atoms with van der Waals surface area (Å²) in [6.45, 7) is 10.3. The Kier molecular flexibility index (Phi) is 6.99. The highest BCUT2D eigenvalue weighted by Gasteiger charge is 2.32. The number of anilines is 1. The normalized spacial score (nSPS) is 12.0. The Labute approximate surface area is 196 Å². The molecule has 2 heterocycles. The van der Waals surface area contributed by atoms with Crippen LogP contribution in [0.5, 0.6) is 0 Å². The van der Waals surface area contributed by atoms with Gasteiger partial charge < -0.3 is 19.7 Å². The molecule has 0 fully saturated rings. The maximum absolute atomic E-state index is 13.6. The number of halogens is 1. The number of aromatic nitrogens is 3. The van der Waals surface area contributed by atoms with Gasteiger partial charge in [0.1, 0.15) is 11.9 Å². The van der Waals surface area contributed by atoms with Gasteiger partial charge in [0.25, 0.3) is 17.6 Å². The number of carbonyl (C=O) groups excluding carboxylic acids is 3. The molecule has 0 unspecified atom stereocenters. The predicted octanol–water partition coefficient (Wildman–Crippen LogP) is 3.73. The molecule has 0 radical (unpaired) electrons. The van der Waals surface area contributed by atoms with Gasteiger partial charge in [-0.25, -0.2) is 4.39 Å². The molecule has 2 aromatic heterocycles. The van der Waals surface area contributed by atoms with E-state index < -0.39 is 23.6 Å². The topological polar surface area (TPSA) is 119 Å². The smallest absolute Gasteiger partial charge is 0.294 e. The maximum atomic E-state index is 13.6. The average molecular weight is 470 g/mol. The molecule has 0 aliphatic rings. The number of nitrogens with one attached hydrogen (secondary N) is 2. The van der Waals surface area contributed by atoms with Crippen molar-refractivity contribution in [3.8, 4) is 0 Å². The Morgan fingerprint density at radius 1 is 1.12 bits per heavy atom. The van der Waals surface area contributed by atoms with E-state index in [-0.39, 0.29) is 28.9 Å². The summed E-state index contributed by atoms with van der Waals surface area (Å²) in [6.07, 6.45) is 0. The molecule has 0 spiro atoms.